The van der Waals surface area contributed by atoms with E-state index in [-0.39, 0.29) is 0 Å². The Morgan fingerprint density at radius 2 is 2.00 bits per heavy atom. The van der Waals surface area contributed by atoms with Crippen molar-refractivity contribution in [3.8, 4) is 0 Å². The fraction of sp³-hybridized carbons (Fsp3) is 0.562. The number of carboxylic acids is 2. The Bertz CT molecular complexity index is 613. The van der Waals surface area contributed by atoms with Crippen LogP contribution in [0.25, 0.3) is 0 Å². The normalized spacial score (nSPS) is 23.0. The molecule has 1 aromatic rings. The Morgan fingerprint density at radius 1 is 1.33 bits per heavy atom. The molecule has 1 aliphatic heterocycles. The molecule has 0 saturated carbocycles. The molecule has 1 aliphatic carbocycles. The third kappa shape index (κ3) is 4.78. The summed E-state index contributed by atoms with van der Waals surface area (Å²) in [6.45, 7) is 4.74. The van der Waals surface area contributed by atoms with E-state index in [0.29, 0.717) is 12.2 Å². The highest BCUT2D eigenvalue weighted by Crippen LogP contribution is 2.37. The maximum Gasteiger partial charge on any atom is 0.328 e. The van der Waals surface area contributed by atoms with E-state index in [2.05, 4.69) is 16.8 Å². The minimum Gasteiger partial charge on any atom is -0.478 e. The molecule has 3 rings (SSSR count). The summed E-state index contributed by atoms with van der Waals surface area (Å²) in [4.78, 5) is 27.7. The minimum absolute atomic E-state index is 0.558. The second-order valence-corrected chi connectivity index (χ2v) is 7.05. The molecule has 0 aromatic carbocycles. The van der Waals surface area contributed by atoms with Crippen molar-refractivity contribution >= 4 is 28.4 Å². The second-order valence-electron chi connectivity index (χ2n) is 5.94. The van der Waals surface area contributed by atoms with E-state index in [0.717, 1.165) is 23.5 Å². The van der Waals surface area contributed by atoms with Crippen LogP contribution >= 0.6 is 11.3 Å². The van der Waals surface area contributed by atoms with Crippen LogP contribution in [0.2, 0.25) is 0 Å². The van der Waals surface area contributed by atoms with E-state index >= 15 is 0 Å². The van der Waals surface area contributed by atoms with Gasteiger partial charge in [-0.1, -0.05) is 6.92 Å². The molecule has 4 N–H and O–H groups in total. The van der Waals surface area contributed by atoms with Crippen LogP contribution in [0.5, 0.6) is 0 Å². The van der Waals surface area contributed by atoms with Crippen molar-refractivity contribution in [1.29, 1.82) is 0 Å². The van der Waals surface area contributed by atoms with Crippen LogP contribution in [0.1, 0.15) is 30.3 Å². The number of nitrogens with two attached hydrogens (primary N) is 1. The summed E-state index contributed by atoms with van der Waals surface area (Å²) < 4.78 is 0. The molecule has 0 amide bonds. The molecule has 1 saturated heterocycles. The van der Waals surface area contributed by atoms with Crippen LogP contribution in [-0.2, 0) is 22.4 Å². The number of fused-ring (bicyclic) bond motifs is 2. The van der Waals surface area contributed by atoms with E-state index in [9.17, 15) is 9.59 Å². The number of anilines is 1. The van der Waals surface area contributed by atoms with Gasteiger partial charge in [-0.3, -0.25) is 0 Å². The highest BCUT2D eigenvalue weighted by Gasteiger charge is 2.36. The highest BCUT2D eigenvalue weighted by molar-refractivity contribution is 7.15. The number of hydrogen-bond acceptors (Lipinski definition) is 6. The minimum atomic E-state index is -1.26. The molecule has 0 unspecified atom stereocenters. The SMILES string of the molecule is CCN1CCC[C@@H]2Cc3nc(N)sc3C[C@H]21.O=C(O)/C=C\C(=O)O. The molecule has 132 valence electrons. The molecular weight excluding hydrogens is 330 g/mol. The molecule has 2 atom stereocenters. The summed E-state index contributed by atoms with van der Waals surface area (Å²) in [5.74, 6) is -1.69. The maximum atomic E-state index is 9.55. The number of carbonyl (C=O) groups is 2. The van der Waals surface area contributed by atoms with Gasteiger partial charge in [0.25, 0.3) is 0 Å². The fourth-order valence-electron chi connectivity index (χ4n) is 3.44. The number of nitrogens with zero attached hydrogens (tertiary/aromatic N) is 2. The van der Waals surface area contributed by atoms with Crippen molar-refractivity contribution in [2.24, 2.45) is 5.92 Å². The van der Waals surface area contributed by atoms with E-state index in [1.54, 1.807) is 11.3 Å². The summed E-state index contributed by atoms with van der Waals surface area (Å²) in [5, 5.41) is 16.4. The Labute approximate surface area is 144 Å². The number of likely N-dealkylation sites (tertiary alicyclic amines) is 1. The zero-order valence-corrected chi connectivity index (χ0v) is 14.5. The predicted octanol–water partition coefficient (Wildman–Crippen LogP) is 1.64. The number of thiazole rings is 1. The lowest BCUT2D eigenvalue weighted by molar-refractivity contribution is -0.134. The topological polar surface area (TPSA) is 117 Å². The van der Waals surface area contributed by atoms with E-state index < -0.39 is 11.9 Å². The van der Waals surface area contributed by atoms with Crippen molar-refractivity contribution in [2.45, 2.75) is 38.6 Å². The third-order valence-corrected chi connectivity index (χ3v) is 5.40. The molecule has 8 heteroatoms. The van der Waals surface area contributed by atoms with Crippen molar-refractivity contribution in [1.82, 2.24) is 9.88 Å². The fourth-order valence-corrected chi connectivity index (χ4v) is 4.35. The number of aliphatic carboxylic acids is 2. The number of aromatic nitrogens is 1. The van der Waals surface area contributed by atoms with Gasteiger partial charge in [0.1, 0.15) is 0 Å². The zero-order valence-electron chi connectivity index (χ0n) is 13.6. The van der Waals surface area contributed by atoms with Crippen LogP contribution in [0, 0.1) is 5.92 Å². The smallest absolute Gasteiger partial charge is 0.328 e. The average Bonchev–Trinajstić information content (AvgIpc) is 2.89. The lowest BCUT2D eigenvalue weighted by Crippen LogP contribution is -2.48. The summed E-state index contributed by atoms with van der Waals surface area (Å²) >= 11 is 1.70. The molecular formula is C16H23N3O4S. The van der Waals surface area contributed by atoms with Crippen molar-refractivity contribution in [3.05, 3.63) is 22.7 Å². The average molecular weight is 353 g/mol. The predicted molar refractivity (Wildman–Crippen MR) is 92.1 cm³/mol. The van der Waals surface area contributed by atoms with Gasteiger partial charge in [-0.05, 0) is 44.7 Å². The summed E-state index contributed by atoms with van der Waals surface area (Å²) in [6, 6.07) is 0.756. The standard InChI is InChI=1S/C12H19N3S.C4H4O4/c1-2-15-5-3-4-8-6-9-11(7-10(8)15)16-12(13)14-9;5-3(6)1-2-4(7)8/h8,10H,2-7H2,1H3,(H2,13,14);1-2H,(H,5,6)(H,7,8)/b;2-1-/t8-,10-;/m1./s1. The van der Waals surface area contributed by atoms with Gasteiger partial charge >= 0.3 is 11.9 Å². The first-order chi connectivity index (χ1) is 11.4. The van der Waals surface area contributed by atoms with Crippen LogP contribution in [-0.4, -0.2) is 51.2 Å². The van der Waals surface area contributed by atoms with E-state index in [4.69, 9.17) is 15.9 Å². The molecule has 0 radical (unpaired) electrons. The van der Waals surface area contributed by atoms with Gasteiger partial charge in [0.2, 0.25) is 0 Å². The van der Waals surface area contributed by atoms with Gasteiger partial charge in [-0.25, -0.2) is 14.6 Å². The first-order valence-electron chi connectivity index (χ1n) is 8.02. The molecule has 1 aromatic heterocycles. The molecule has 1 fully saturated rings. The molecule has 2 heterocycles. The van der Waals surface area contributed by atoms with Crippen LogP contribution in [0.4, 0.5) is 5.13 Å². The molecule has 7 nitrogen and oxygen atoms in total. The molecule has 2 aliphatic rings. The Kier molecular flexibility index (Phi) is 6.33. The van der Waals surface area contributed by atoms with Gasteiger partial charge in [0, 0.05) is 23.1 Å². The third-order valence-electron chi connectivity index (χ3n) is 4.45. The van der Waals surface area contributed by atoms with Crippen molar-refractivity contribution in [2.75, 3.05) is 18.8 Å². The van der Waals surface area contributed by atoms with E-state index in [1.165, 1.54) is 42.9 Å². The van der Waals surface area contributed by atoms with Gasteiger partial charge in [0.05, 0.1) is 5.69 Å². The zero-order chi connectivity index (χ0) is 17.7. The Morgan fingerprint density at radius 3 is 2.58 bits per heavy atom. The number of nitrogen functional groups attached to an aromatic ring is 1. The second kappa shape index (κ2) is 8.25. The highest BCUT2D eigenvalue weighted by atomic mass is 32.1. The van der Waals surface area contributed by atoms with Crippen molar-refractivity contribution < 1.29 is 19.8 Å². The van der Waals surface area contributed by atoms with Crippen molar-refractivity contribution in [3.63, 3.8) is 0 Å². The number of rotatable bonds is 3. The number of carboxylic acid groups (broad SMARTS) is 2. The largest absolute Gasteiger partial charge is 0.478 e. The monoisotopic (exact) mass is 353 g/mol. The quantitative estimate of drug-likeness (QED) is 0.707. The number of hydrogen-bond donors (Lipinski definition) is 3. The molecule has 24 heavy (non-hydrogen) atoms. The molecule has 0 bridgehead atoms. The van der Waals surface area contributed by atoms with Gasteiger partial charge in [-0.15, -0.1) is 11.3 Å². The van der Waals surface area contributed by atoms with Crippen LogP contribution < -0.4 is 5.73 Å². The van der Waals surface area contributed by atoms with Gasteiger partial charge < -0.3 is 20.8 Å². The number of likely N-dealkylation sites (N-methyl/N-ethyl adjacent to an activating group) is 1. The number of piperidine rings is 1. The van der Waals surface area contributed by atoms with Crippen LogP contribution in [0.15, 0.2) is 12.2 Å². The first-order valence-corrected chi connectivity index (χ1v) is 8.84. The van der Waals surface area contributed by atoms with Crippen LogP contribution in [0.3, 0.4) is 0 Å². The Hall–Kier alpha value is -1.93. The summed E-state index contributed by atoms with van der Waals surface area (Å²) in [7, 11) is 0. The summed E-state index contributed by atoms with van der Waals surface area (Å²) in [5.41, 5.74) is 7.10. The lowest BCUT2D eigenvalue weighted by Gasteiger charge is -2.43. The van der Waals surface area contributed by atoms with E-state index in [1.807, 2.05) is 0 Å². The van der Waals surface area contributed by atoms with Gasteiger partial charge in [-0.2, -0.15) is 0 Å². The first kappa shape index (κ1) is 18.4. The lowest BCUT2D eigenvalue weighted by atomic mass is 9.79. The molecule has 0 spiro atoms. The van der Waals surface area contributed by atoms with Gasteiger partial charge in [0.15, 0.2) is 5.13 Å². The summed E-state index contributed by atoms with van der Waals surface area (Å²) in [6.07, 6.45) is 6.18. The maximum absolute atomic E-state index is 9.55. The Balaban J connectivity index is 0.000000224.